The molecule has 1 amide bonds. The SMILES string of the molecule is O=C(O)CCCNC(=O)c1cc(Br)c(O)c(Br)c1. The topological polar surface area (TPSA) is 86.6 Å². The lowest BCUT2D eigenvalue weighted by Gasteiger charge is -2.07. The van der Waals surface area contributed by atoms with Crippen molar-refractivity contribution >= 4 is 43.7 Å². The maximum atomic E-state index is 11.7. The van der Waals surface area contributed by atoms with Crippen LogP contribution in [0.25, 0.3) is 0 Å². The molecule has 3 N–H and O–H groups in total. The van der Waals surface area contributed by atoms with Gasteiger partial charge in [-0.25, -0.2) is 0 Å². The van der Waals surface area contributed by atoms with E-state index in [1.165, 1.54) is 12.1 Å². The van der Waals surface area contributed by atoms with Gasteiger partial charge in [0.15, 0.2) is 0 Å². The monoisotopic (exact) mass is 379 g/mol. The molecule has 0 unspecified atom stereocenters. The van der Waals surface area contributed by atoms with Gasteiger partial charge in [0, 0.05) is 18.5 Å². The number of nitrogens with one attached hydrogen (secondary N) is 1. The van der Waals surface area contributed by atoms with E-state index in [-0.39, 0.29) is 18.1 Å². The lowest BCUT2D eigenvalue weighted by atomic mass is 10.2. The van der Waals surface area contributed by atoms with Crippen LogP contribution in [0.15, 0.2) is 21.1 Å². The number of phenolic OH excluding ortho intramolecular Hbond substituents is 1. The summed E-state index contributed by atoms with van der Waals surface area (Å²) >= 11 is 6.26. The number of benzene rings is 1. The first-order valence-corrected chi connectivity index (χ1v) is 6.68. The van der Waals surface area contributed by atoms with Crippen LogP contribution in [0.5, 0.6) is 5.75 Å². The normalized spacial score (nSPS) is 10.1. The van der Waals surface area contributed by atoms with Crippen LogP contribution in [0.3, 0.4) is 0 Å². The van der Waals surface area contributed by atoms with Crippen LogP contribution < -0.4 is 5.32 Å². The Morgan fingerprint density at radius 1 is 1.22 bits per heavy atom. The molecule has 1 aromatic rings. The zero-order valence-electron chi connectivity index (χ0n) is 9.24. The highest BCUT2D eigenvalue weighted by atomic mass is 79.9. The summed E-state index contributed by atoms with van der Waals surface area (Å²) in [5.74, 6) is -1.18. The number of carbonyl (C=O) groups excluding carboxylic acids is 1. The lowest BCUT2D eigenvalue weighted by molar-refractivity contribution is -0.137. The van der Waals surface area contributed by atoms with Gasteiger partial charge in [-0.15, -0.1) is 0 Å². The van der Waals surface area contributed by atoms with Gasteiger partial charge in [0.05, 0.1) is 8.95 Å². The minimum absolute atomic E-state index is 0.0171. The summed E-state index contributed by atoms with van der Waals surface area (Å²) in [5.41, 5.74) is 0.377. The quantitative estimate of drug-likeness (QED) is 0.685. The predicted molar refractivity (Wildman–Crippen MR) is 72.7 cm³/mol. The smallest absolute Gasteiger partial charge is 0.303 e. The number of hydrogen-bond acceptors (Lipinski definition) is 3. The maximum Gasteiger partial charge on any atom is 0.303 e. The summed E-state index contributed by atoms with van der Waals surface area (Å²) in [6, 6.07) is 2.99. The van der Waals surface area contributed by atoms with Crippen molar-refractivity contribution in [3.05, 3.63) is 26.6 Å². The Balaban J connectivity index is 2.59. The molecule has 0 aliphatic heterocycles. The minimum Gasteiger partial charge on any atom is -0.506 e. The van der Waals surface area contributed by atoms with E-state index in [0.29, 0.717) is 27.5 Å². The van der Waals surface area contributed by atoms with Gasteiger partial charge in [0.2, 0.25) is 0 Å². The Kier molecular flexibility index (Phi) is 5.61. The van der Waals surface area contributed by atoms with Crippen molar-refractivity contribution < 1.29 is 19.8 Å². The average molecular weight is 381 g/mol. The van der Waals surface area contributed by atoms with Crippen molar-refractivity contribution in [2.75, 3.05) is 6.54 Å². The summed E-state index contributed by atoms with van der Waals surface area (Å²) in [4.78, 5) is 22.0. The molecule has 0 spiro atoms. The molecular formula is C11H11Br2NO4. The number of phenols is 1. The fourth-order valence-electron chi connectivity index (χ4n) is 1.24. The second-order valence-electron chi connectivity index (χ2n) is 3.54. The van der Waals surface area contributed by atoms with Crippen LogP contribution >= 0.6 is 31.9 Å². The molecule has 1 aromatic carbocycles. The number of aliphatic carboxylic acids is 1. The first-order valence-electron chi connectivity index (χ1n) is 5.10. The maximum absolute atomic E-state index is 11.7. The van der Waals surface area contributed by atoms with Crippen LogP contribution in [0.2, 0.25) is 0 Å². The predicted octanol–water partition coefficient (Wildman–Crippen LogP) is 2.51. The number of carboxylic acid groups (broad SMARTS) is 1. The number of aromatic hydroxyl groups is 1. The zero-order valence-corrected chi connectivity index (χ0v) is 12.4. The Labute approximate surface area is 120 Å². The molecule has 5 nitrogen and oxygen atoms in total. The van der Waals surface area contributed by atoms with E-state index in [9.17, 15) is 14.7 Å². The van der Waals surface area contributed by atoms with Crippen molar-refractivity contribution in [3.63, 3.8) is 0 Å². The van der Waals surface area contributed by atoms with Crippen molar-refractivity contribution in [2.45, 2.75) is 12.8 Å². The highest BCUT2D eigenvalue weighted by molar-refractivity contribution is 9.11. The third kappa shape index (κ3) is 4.30. The number of carboxylic acids is 1. The second kappa shape index (κ2) is 6.75. The van der Waals surface area contributed by atoms with Gasteiger partial charge in [-0.1, -0.05) is 0 Å². The van der Waals surface area contributed by atoms with Crippen molar-refractivity contribution in [2.24, 2.45) is 0 Å². The fraction of sp³-hybridized carbons (Fsp3) is 0.273. The number of hydrogen-bond donors (Lipinski definition) is 3. The van der Waals surface area contributed by atoms with E-state index in [1.54, 1.807) is 0 Å². The van der Waals surface area contributed by atoms with E-state index in [4.69, 9.17) is 5.11 Å². The summed E-state index contributed by atoms with van der Waals surface area (Å²) in [6.45, 7) is 0.293. The van der Waals surface area contributed by atoms with Gasteiger partial charge in [-0.05, 0) is 50.4 Å². The number of carbonyl (C=O) groups is 2. The molecular weight excluding hydrogens is 370 g/mol. The molecule has 0 aromatic heterocycles. The minimum atomic E-state index is -0.889. The molecule has 0 radical (unpaired) electrons. The molecule has 98 valence electrons. The Bertz CT molecular complexity index is 453. The van der Waals surface area contributed by atoms with Crippen molar-refractivity contribution in [3.8, 4) is 5.75 Å². The summed E-state index contributed by atoms with van der Waals surface area (Å²) in [6.07, 6.45) is 0.394. The van der Waals surface area contributed by atoms with Crippen LogP contribution in [0.1, 0.15) is 23.2 Å². The van der Waals surface area contributed by atoms with Gasteiger partial charge in [-0.3, -0.25) is 9.59 Å². The molecule has 18 heavy (non-hydrogen) atoms. The van der Waals surface area contributed by atoms with Crippen LogP contribution in [-0.4, -0.2) is 28.6 Å². The molecule has 0 saturated heterocycles. The molecule has 7 heteroatoms. The van der Waals surface area contributed by atoms with Crippen molar-refractivity contribution in [1.29, 1.82) is 0 Å². The first-order chi connectivity index (χ1) is 8.41. The van der Waals surface area contributed by atoms with Crippen LogP contribution in [0, 0.1) is 0 Å². The molecule has 0 fully saturated rings. The third-order valence-corrected chi connectivity index (χ3v) is 3.34. The van der Waals surface area contributed by atoms with E-state index in [1.807, 2.05) is 0 Å². The van der Waals surface area contributed by atoms with Gasteiger partial charge in [-0.2, -0.15) is 0 Å². The van der Waals surface area contributed by atoms with E-state index < -0.39 is 5.97 Å². The average Bonchev–Trinajstić information content (AvgIpc) is 2.30. The van der Waals surface area contributed by atoms with E-state index >= 15 is 0 Å². The molecule has 0 atom stereocenters. The summed E-state index contributed by atoms with van der Waals surface area (Å²) in [5, 5.41) is 20.5. The summed E-state index contributed by atoms with van der Waals surface area (Å²) < 4.78 is 0.820. The standard InChI is InChI=1S/C11H11Br2NO4/c12-7-4-6(5-8(13)10(7)17)11(18)14-3-1-2-9(15)16/h4-5,17H,1-3H2,(H,14,18)(H,15,16). The van der Waals surface area contributed by atoms with Crippen molar-refractivity contribution in [1.82, 2.24) is 5.32 Å². The molecule has 0 aliphatic carbocycles. The third-order valence-electron chi connectivity index (χ3n) is 2.13. The largest absolute Gasteiger partial charge is 0.506 e. The van der Waals surface area contributed by atoms with Gasteiger partial charge >= 0.3 is 5.97 Å². The second-order valence-corrected chi connectivity index (χ2v) is 5.25. The summed E-state index contributed by atoms with van der Waals surface area (Å²) in [7, 11) is 0. The lowest BCUT2D eigenvalue weighted by Crippen LogP contribution is -2.24. The van der Waals surface area contributed by atoms with E-state index in [0.717, 1.165) is 0 Å². The highest BCUT2D eigenvalue weighted by Crippen LogP contribution is 2.33. The fourth-order valence-corrected chi connectivity index (χ4v) is 2.43. The van der Waals surface area contributed by atoms with E-state index in [2.05, 4.69) is 37.2 Å². The molecule has 1 rings (SSSR count). The number of halogens is 2. The Hall–Kier alpha value is -1.08. The van der Waals surface area contributed by atoms with Gasteiger partial charge < -0.3 is 15.5 Å². The Morgan fingerprint density at radius 2 is 1.78 bits per heavy atom. The molecule has 0 heterocycles. The van der Waals surface area contributed by atoms with Crippen LogP contribution in [-0.2, 0) is 4.79 Å². The van der Waals surface area contributed by atoms with Gasteiger partial charge in [0.1, 0.15) is 5.75 Å². The number of rotatable bonds is 5. The highest BCUT2D eigenvalue weighted by Gasteiger charge is 2.11. The van der Waals surface area contributed by atoms with Gasteiger partial charge in [0.25, 0.3) is 5.91 Å². The van der Waals surface area contributed by atoms with Crippen LogP contribution in [0.4, 0.5) is 0 Å². The first kappa shape index (κ1) is 15.0. The number of amides is 1. The molecule has 0 saturated carbocycles. The molecule has 0 aliphatic rings. The Morgan fingerprint density at radius 3 is 2.28 bits per heavy atom. The molecule has 0 bridgehead atoms. The zero-order chi connectivity index (χ0) is 13.7.